The highest BCUT2D eigenvalue weighted by Crippen LogP contribution is 2.31. The normalized spacial score (nSPS) is 10.7. The Bertz CT molecular complexity index is 1350. The topological polar surface area (TPSA) is 92.3 Å². The Kier molecular flexibility index (Phi) is 7.34. The van der Waals surface area contributed by atoms with Crippen molar-refractivity contribution in [3.05, 3.63) is 71.8 Å². The van der Waals surface area contributed by atoms with Crippen LogP contribution in [0.1, 0.15) is 11.1 Å². The molecule has 0 atom stereocenters. The van der Waals surface area contributed by atoms with E-state index in [0.717, 1.165) is 25.8 Å². The zero-order valence-corrected chi connectivity index (χ0v) is 20.6. The molecule has 0 aliphatic heterocycles. The number of fused-ring (bicyclic) bond motifs is 1. The number of nitrogens with one attached hydrogen (secondary N) is 3. The lowest BCUT2D eigenvalue weighted by atomic mass is 10.1. The summed E-state index contributed by atoms with van der Waals surface area (Å²) < 4.78 is 6.98. The van der Waals surface area contributed by atoms with E-state index in [4.69, 9.17) is 4.74 Å². The number of amides is 3. The highest BCUT2D eigenvalue weighted by Gasteiger charge is 2.11. The number of urea groups is 1. The van der Waals surface area contributed by atoms with Crippen molar-refractivity contribution in [2.24, 2.45) is 0 Å². The summed E-state index contributed by atoms with van der Waals surface area (Å²) in [7, 11) is 1.55. The molecular weight excluding hydrogens is 468 g/mol. The predicted octanol–water partition coefficient (Wildman–Crippen LogP) is 6.30. The Labute approximate surface area is 205 Å². The minimum Gasteiger partial charge on any atom is -0.495 e. The van der Waals surface area contributed by atoms with Gasteiger partial charge in [0.05, 0.1) is 28.8 Å². The molecule has 9 heteroatoms. The van der Waals surface area contributed by atoms with Crippen molar-refractivity contribution in [1.29, 1.82) is 0 Å². The van der Waals surface area contributed by atoms with Gasteiger partial charge in [-0.05, 0) is 67.4 Å². The minimum absolute atomic E-state index is 0.0807. The van der Waals surface area contributed by atoms with Gasteiger partial charge in [-0.1, -0.05) is 30.0 Å². The van der Waals surface area contributed by atoms with E-state index < -0.39 is 0 Å². The van der Waals surface area contributed by atoms with Crippen molar-refractivity contribution < 1.29 is 14.3 Å². The molecule has 0 radical (unpaired) electrons. The number of carbonyl (C=O) groups excluding carboxylic acids is 2. The van der Waals surface area contributed by atoms with Crippen LogP contribution in [-0.4, -0.2) is 29.8 Å². The average Bonchev–Trinajstić information content (AvgIpc) is 3.23. The molecular formula is C25H24N4O3S2. The molecule has 3 aromatic carbocycles. The molecule has 0 saturated heterocycles. The molecule has 1 heterocycles. The number of rotatable bonds is 7. The number of anilines is 3. The zero-order chi connectivity index (χ0) is 24.1. The number of aryl methyl sites for hydroxylation is 2. The lowest BCUT2D eigenvalue weighted by Gasteiger charge is -2.10. The Morgan fingerprint density at radius 1 is 0.941 bits per heavy atom. The van der Waals surface area contributed by atoms with Gasteiger partial charge in [0, 0.05) is 11.4 Å². The largest absolute Gasteiger partial charge is 0.495 e. The van der Waals surface area contributed by atoms with E-state index in [9.17, 15) is 9.59 Å². The van der Waals surface area contributed by atoms with Crippen molar-refractivity contribution in [1.82, 2.24) is 4.98 Å². The summed E-state index contributed by atoms with van der Waals surface area (Å²) in [6.45, 7) is 4.06. The van der Waals surface area contributed by atoms with Crippen LogP contribution in [0.2, 0.25) is 0 Å². The fourth-order valence-corrected chi connectivity index (χ4v) is 5.13. The number of para-hydroxylation sites is 2. The Morgan fingerprint density at radius 2 is 1.71 bits per heavy atom. The van der Waals surface area contributed by atoms with Crippen LogP contribution in [0.3, 0.4) is 0 Å². The molecule has 0 spiro atoms. The fraction of sp³-hybridized carbons (Fsp3) is 0.160. The average molecular weight is 493 g/mol. The SMILES string of the molecule is COc1ccccc1NC(=O)Nc1ccc2nc(SCC(=O)Nc3ccc(C)c(C)c3)sc2c1. The van der Waals surface area contributed by atoms with Gasteiger partial charge in [0.1, 0.15) is 5.75 Å². The molecule has 4 rings (SSSR count). The van der Waals surface area contributed by atoms with E-state index in [2.05, 4.69) is 20.9 Å². The van der Waals surface area contributed by atoms with Crippen molar-refractivity contribution in [3.63, 3.8) is 0 Å². The van der Waals surface area contributed by atoms with Gasteiger partial charge < -0.3 is 20.7 Å². The number of aromatic nitrogens is 1. The van der Waals surface area contributed by atoms with Gasteiger partial charge >= 0.3 is 6.03 Å². The predicted molar refractivity (Wildman–Crippen MR) is 141 cm³/mol. The molecule has 174 valence electrons. The molecule has 34 heavy (non-hydrogen) atoms. The van der Waals surface area contributed by atoms with Crippen molar-refractivity contribution in [2.45, 2.75) is 18.2 Å². The van der Waals surface area contributed by atoms with Crippen LogP contribution >= 0.6 is 23.1 Å². The van der Waals surface area contributed by atoms with Gasteiger partial charge in [-0.3, -0.25) is 4.79 Å². The standard InChI is InChI=1S/C25H24N4O3S2/c1-15-8-9-17(12-16(15)2)26-23(30)14-33-25-29-20-11-10-18(13-22(20)34-25)27-24(31)28-19-6-4-5-7-21(19)32-3/h4-13H,14H2,1-3H3,(H,26,30)(H2,27,28,31). The summed E-state index contributed by atoms with van der Waals surface area (Å²) in [5.74, 6) is 0.765. The highest BCUT2D eigenvalue weighted by atomic mass is 32.2. The molecule has 0 saturated carbocycles. The second kappa shape index (κ2) is 10.6. The minimum atomic E-state index is -0.369. The van der Waals surface area contributed by atoms with Crippen molar-refractivity contribution in [3.8, 4) is 5.75 Å². The molecule has 1 aromatic heterocycles. The summed E-state index contributed by atoms with van der Waals surface area (Å²) in [6.07, 6.45) is 0. The number of carbonyl (C=O) groups is 2. The maximum Gasteiger partial charge on any atom is 0.323 e. The first-order chi connectivity index (χ1) is 16.4. The van der Waals surface area contributed by atoms with E-state index in [1.54, 1.807) is 25.3 Å². The second-order valence-electron chi connectivity index (χ2n) is 7.58. The number of hydrogen-bond acceptors (Lipinski definition) is 6. The number of methoxy groups -OCH3 is 1. The van der Waals surface area contributed by atoms with E-state index in [1.807, 2.05) is 56.3 Å². The third kappa shape index (κ3) is 5.86. The molecule has 0 unspecified atom stereocenters. The molecule has 0 bridgehead atoms. The zero-order valence-electron chi connectivity index (χ0n) is 19.0. The van der Waals surface area contributed by atoms with Gasteiger partial charge in [-0.15, -0.1) is 11.3 Å². The maximum atomic E-state index is 12.4. The monoisotopic (exact) mass is 492 g/mol. The summed E-state index contributed by atoms with van der Waals surface area (Å²) >= 11 is 2.87. The second-order valence-corrected chi connectivity index (χ2v) is 9.83. The van der Waals surface area contributed by atoms with E-state index in [1.165, 1.54) is 28.7 Å². The smallest absolute Gasteiger partial charge is 0.323 e. The number of thiazole rings is 1. The lowest BCUT2D eigenvalue weighted by molar-refractivity contribution is -0.113. The van der Waals surface area contributed by atoms with Gasteiger partial charge in [0.25, 0.3) is 0 Å². The van der Waals surface area contributed by atoms with Gasteiger partial charge in [0.15, 0.2) is 4.34 Å². The van der Waals surface area contributed by atoms with Crippen LogP contribution in [0, 0.1) is 13.8 Å². The van der Waals surface area contributed by atoms with E-state index >= 15 is 0 Å². The van der Waals surface area contributed by atoms with Crippen LogP contribution in [-0.2, 0) is 4.79 Å². The van der Waals surface area contributed by atoms with Gasteiger partial charge in [0.2, 0.25) is 5.91 Å². The van der Waals surface area contributed by atoms with Crippen LogP contribution in [0.25, 0.3) is 10.2 Å². The molecule has 3 N–H and O–H groups in total. The number of nitrogens with zero attached hydrogens (tertiary/aromatic N) is 1. The van der Waals surface area contributed by atoms with Crippen molar-refractivity contribution in [2.75, 3.05) is 28.8 Å². The fourth-order valence-electron chi connectivity index (χ4n) is 3.22. The number of ether oxygens (including phenoxy) is 1. The lowest BCUT2D eigenvalue weighted by Crippen LogP contribution is -2.19. The number of benzene rings is 3. The van der Waals surface area contributed by atoms with Gasteiger partial charge in [-0.2, -0.15) is 0 Å². The Hall–Kier alpha value is -3.56. The molecule has 0 aliphatic rings. The molecule has 7 nitrogen and oxygen atoms in total. The van der Waals surface area contributed by atoms with Crippen LogP contribution < -0.4 is 20.7 Å². The third-order valence-corrected chi connectivity index (χ3v) is 7.26. The first-order valence-electron chi connectivity index (χ1n) is 10.5. The molecule has 4 aromatic rings. The number of hydrogen-bond donors (Lipinski definition) is 3. The van der Waals surface area contributed by atoms with E-state index in [-0.39, 0.29) is 17.7 Å². The molecule has 0 fully saturated rings. The molecule has 3 amide bonds. The maximum absolute atomic E-state index is 12.4. The van der Waals surface area contributed by atoms with Gasteiger partial charge in [-0.25, -0.2) is 9.78 Å². The van der Waals surface area contributed by atoms with Crippen molar-refractivity contribution >= 4 is 62.3 Å². The van der Waals surface area contributed by atoms with Crippen LogP contribution in [0.4, 0.5) is 21.9 Å². The Balaban J connectivity index is 1.35. The highest BCUT2D eigenvalue weighted by molar-refractivity contribution is 8.01. The summed E-state index contributed by atoms with van der Waals surface area (Å²) in [4.78, 5) is 29.4. The van der Waals surface area contributed by atoms with Crippen LogP contribution in [0.5, 0.6) is 5.75 Å². The molecule has 0 aliphatic carbocycles. The summed E-state index contributed by atoms with van der Waals surface area (Å²) in [5.41, 5.74) is 5.16. The Morgan fingerprint density at radius 3 is 2.50 bits per heavy atom. The first-order valence-corrected chi connectivity index (χ1v) is 12.3. The quantitative estimate of drug-likeness (QED) is 0.263. The first kappa shape index (κ1) is 23.6. The van der Waals surface area contributed by atoms with E-state index in [0.29, 0.717) is 17.1 Å². The summed E-state index contributed by atoms with van der Waals surface area (Å²) in [6, 6.07) is 18.2. The summed E-state index contributed by atoms with van der Waals surface area (Å²) in [5, 5.41) is 8.54. The number of thioether (sulfide) groups is 1. The van der Waals surface area contributed by atoms with Crippen LogP contribution in [0.15, 0.2) is 65.0 Å². The third-order valence-electron chi connectivity index (χ3n) is 5.10.